The van der Waals surface area contributed by atoms with Crippen LogP contribution in [0.2, 0.25) is 0 Å². The van der Waals surface area contributed by atoms with Crippen LogP contribution in [0.5, 0.6) is 0 Å². The molecule has 3 N–H and O–H groups in total. The lowest BCUT2D eigenvalue weighted by Crippen LogP contribution is -2.48. The highest BCUT2D eigenvalue weighted by Gasteiger charge is 2.31. The van der Waals surface area contributed by atoms with Crippen LogP contribution in [0.1, 0.15) is 93.8 Å². The summed E-state index contributed by atoms with van der Waals surface area (Å²) in [6.45, 7) is 6.00. The molecule has 2 aliphatic carbocycles. The van der Waals surface area contributed by atoms with E-state index >= 15 is 0 Å². The monoisotopic (exact) mass is 659 g/mol. The summed E-state index contributed by atoms with van der Waals surface area (Å²) in [5.41, 5.74) is 1.59. The molecule has 4 atom stereocenters. The summed E-state index contributed by atoms with van der Waals surface area (Å²) in [4.78, 5) is 39.8. The number of hydrogen-bond acceptors (Lipinski definition) is 7. The third-order valence-electron chi connectivity index (χ3n) is 8.62. The molecule has 3 aromatic rings. The first-order valence-corrected chi connectivity index (χ1v) is 17.1. The standard InChI is InChI=1S/C37H49N5O6/c1-37(2,3)48-36(45)40-33-22-30(35(44)39-29-19-11-13-21-32(29)47-25-27-16-8-5-9-17-27)42(41-33)23-34(43)38-28-18-10-12-20-31(28)46-24-26-14-6-4-7-15-26/h4-9,14-17,22,28-29,31-32H,10-13,18-21,23-25H2,1-3H3,(H,38,43)(H,39,44)(H,40,41,45). The van der Waals surface area contributed by atoms with E-state index in [-0.39, 0.29) is 48.3 Å². The molecule has 0 aliphatic heterocycles. The van der Waals surface area contributed by atoms with Gasteiger partial charge < -0.3 is 24.8 Å². The van der Waals surface area contributed by atoms with Gasteiger partial charge in [0.1, 0.15) is 17.8 Å². The number of nitrogens with zero attached hydrogens (tertiary/aromatic N) is 2. The Labute approximate surface area is 283 Å². The molecule has 4 unspecified atom stereocenters. The van der Waals surface area contributed by atoms with Crippen molar-refractivity contribution >= 4 is 23.7 Å². The minimum absolute atomic E-state index is 0.115. The van der Waals surface area contributed by atoms with Gasteiger partial charge in [0.25, 0.3) is 5.91 Å². The molecule has 2 saturated carbocycles. The number of carbonyl (C=O) groups is 3. The Hall–Kier alpha value is -4.22. The number of benzene rings is 2. The molecule has 0 saturated heterocycles. The van der Waals surface area contributed by atoms with E-state index in [2.05, 4.69) is 21.0 Å². The van der Waals surface area contributed by atoms with Crippen LogP contribution < -0.4 is 16.0 Å². The van der Waals surface area contributed by atoms with Gasteiger partial charge in [0.2, 0.25) is 5.91 Å². The molecular formula is C37H49N5O6. The Bertz CT molecular complexity index is 1490. The summed E-state index contributed by atoms with van der Waals surface area (Å²) in [5.74, 6) is -0.572. The van der Waals surface area contributed by atoms with Crippen molar-refractivity contribution in [2.24, 2.45) is 0 Å². The molecule has 2 aromatic carbocycles. The summed E-state index contributed by atoms with van der Waals surface area (Å²) < 4.78 is 19.2. The van der Waals surface area contributed by atoms with Crippen LogP contribution in [0.25, 0.3) is 0 Å². The minimum atomic E-state index is -0.721. The van der Waals surface area contributed by atoms with Gasteiger partial charge in [-0.1, -0.05) is 86.3 Å². The Balaban J connectivity index is 1.27. The van der Waals surface area contributed by atoms with E-state index in [0.717, 1.165) is 62.5 Å². The van der Waals surface area contributed by atoms with Crippen LogP contribution in [0.3, 0.4) is 0 Å². The molecule has 3 amide bonds. The number of rotatable bonds is 12. The first-order valence-electron chi connectivity index (χ1n) is 17.1. The Morgan fingerprint density at radius 2 is 1.29 bits per heavy atom. The van der Waals surface area contributed by atoms with Gasteiger partial charge in [0.15, 0.2) is 5.82 Å². The molecule has 258 valence electrons. The number of nitrogens with one attached hydrogen (secondary N) is 3. The maximum Gasteiger partial charge on any atom is 0.413 e. The zero-order chi connectivity index (χ0) is 33.9. The van der Waals surface area contributed by atoms with Crippen LogP contribution in [0.4, 0.5) is 10.6 Å². The zero-order valence-corrected chi connectivity index (χ0v) is 28.3. The maximum atomic E-state index is 13.8. The predicted molar refractivity (Wildman–Crippen MR) is 182 cm³/mol. The van der Waals surface area contributed by atoms with Gasteiger partial charge in [-0.2, -0.15) is 5.10 Å². The highest BCUT2D eigenvalue weighted by molar-refractivity contribution is 5.95. The van der Waals surface area contributed by atoms with Crippen molar-refractivity contribution in [3.63, 3.8) is 0 Å². The lowest BCUT2D eigenvalue weighted by Gasteiger charge is -2.32. The van der Waals surface area contributed by atoms with Crippen LogP contribution >= 0.6 is 0 Å². The van der Waals surface area contributed by atoms with E-state index in [1.165, 1.54) is 10.7 Å². The zero-order valence-electron chi connectivity index (χ0n) is 28.3. The van der Waals surface area contributed by atoms with E-state index in [1.54, 1.807) is 20.8 Å². The first-order chi connectivity index (χ1) is 23.1. The third-order valence-corrected chi connectivity index (χ3v) is 8.62. The molecule has 0 radical (unpaired) electrons. The lowest BCUT2D eigenvalue weighted by atomic mass is 9.92. The average molecular weight is 660 g/mol. The summed E-state index contributed by atoms with van der Waals surface area (Å²) in [7, 11) is 0. The Morgan fingerprint density at radius 3 is 1.83 bits per heavy atom. The summed E-state index contributed by atoms with van der Waals surface area (Å²) >= 11 is 0. The van der Waals surface area contributed by atoms with E-state index in [1.807, 2.05) is 60.7 Å². The van der Waals surface area contributed by atoms with Gasteiger partial charge in [-0.05, 0) is 57.6 Å². The molecule has 1 aromatic heterocycles. The van der Waals surface area contributed by atoms with Gasteiger partial charge in [-0.15, -0.1) is 0 Å². The van der Waals surface area contributed by atoms with E-state index in [9.17, 15) is 14.4 Å². The molecule has 48 heavy (non-hydrogen) atoms. The van der Waals surface area contributed by atoms with E-state index in [0.29, 0.717) is 13.2 Å². The second kappa shape index (κ2) is 16.7. The van der Waals surface area contributed by atoms with Crippen LogP contribution in [-0.2, 0) is 38.8 Å². The number of hydrogen-bond donors (Lipinski definition) is 3. The molecule has 11 heteroatoms. The van der Waals surface area contributed by atoms with Crippen LogP contribution in [0, 0.1) is 0 Å². The highest BCUT2D eigenvalue weighted by Crippen LogP contribution is 2.25. The van der Waals surface area contributed by atoms with Gasteiger partial charge in [0.05, 0.1) is 37.5 Å². The Kier molecular flexibility index (Phi) is 12.2. The fourth-order valence-corrected chi connectivity index (χ4v) is 6.30. The molecule has 0 spiro atoms. The molecule has 2 aliphatic rings. The average Bonchev–Trinajstić information content (AvgIpc) is 3.45. The summed E-state index contributed by atoms with van der Waals surface area (Å²) in [6, 6.07) is 21.0. The van der Waals surface area contributed by atoms with E-state index < -0.39 is 17.6 Å². The van der Waals surface area contributed by atoms with Crippen molar-refractivity contribution in [2.75, 3.05) is 5.32 Å². The van der Waals surface area contributed by atoms with Crippen LogP contribution in [-0.4, -0.2) is 57.6 Å². The van der Waals surface area contributed by atoms with Crippen molar-refractivity contribution in [2.45, 2.75) is 122 Å². The van der Waals surface area contributed by atoms with Crippen molar-refractivity contribution in [1.29, 1.82) is 0 Å². The number of aromatic nitrogens is 2. The van der Waals surface area contributed by atoms with Crippen molar-refractivity contribution in [1.82, 2.24) is 20.4 Å². The summed E-state index contributed by atoms with van der Waals surface area (Å²) in [5, 5.41) is 13.3. The Morgan fingerprint density at radius 1 is 0.771 bits per heavy atom. The van der Waals surface area contributed by atoms with Gasteiger partial charge >= 0.3 is 6.09 Å². The molecular weight excluding hydrogens is 610 g/mol. The largest absolute Gasteiger partial charge is 0.444 e. The number of anilines is 1. The number of amides is 3. The number of ether oxygens (including phenoxy) is 3. The minimum Gasteiger partial charge on any atom is -0.444 e. The molecule has 11 nitrogen and oxygen atoms in total. The smallest absolute Gasteiger partial charge is 0.413 e. The topological polar surface area (TPSA) is 133 Å². The second-order valence-corrected chi connectivity index (χ2v) is 13.7. The van der Waals surface area contributed by atoms with Crippen LogP contribution in [0.15, 0.2) is 66.7 Å². The normalized spacial score (nSPS) is 21.2. The van der Waals surface area contributed by atoms with Crippen molar-refractivity contribution in [3.8, 4) is 0 Å². The van der Waals surface area contributed by atoms with Gasteiger partial charge in [0, 0.05) is 6.07 Å². The maximum absolute atomic E-state index is 13.8. The predicted octanol–water partition coefficient (Wildman–Crippen LogP) is 6.13. The van der Waals surface area contributed by atoms with E-state index in [4.69, 9.17) is 14.2 Å². The molecule has 0 bridgehead atoms. The summed E-state index contributed by atoms with van der Waals surface area (Å²) in [6.07, 6.45) is 6.30. The van der Waals surface area contributed by atoms with Gasteiger partial charge in [-0.25, -0.2) is 9.48 Å². The van der Waals surface area contributed by atoms with Crippen molar-refractivity contribution in [3.05, 3.63) is 83.6 Å². The second-order valence-electron chi connectivity index (χ2n) is 13.7. The molecule has 1 heterocycles. The van der Waals surface area contributed by atoms with Gasteiger partial charge in [-0.3, -0.25) is 14.9 Å². The quantitative estimate of drug-likeness (QED) is 0.213. The SMILES string of the molecule is CC(C)(C)OC(=O)Nc1cc(C(=O)NC2CCCCC2OCc2ccccc2)n(CC(=O)NC2CCCCC2OCc2ccccc2)n1. The fourth-order valence-electron chi connectivity index (χ4n) is 6.30. The first kappa shape index (κ1) is 35.1. The highest BCUT2D eigenvalue weighted by atomic mass is 16.6. The molecule has 2 fully saturated rings. The molecule has 5 rings (SSSR count). The fraction of sp³-hybridized carbons (Fsp3) is 0.514. The third kappa shape index (κ3) is 10.6. The number of carbonyl (C=O) groups excluding carboxylic acids is 3. The lowest BCUT2D eigenvalue weighted by molar-refractivity contribution is -0.124. The van der Waals surface area contributed by atoms with Crippen molar-refractivity contribution < 1.29 is 28.6 Å².